The number of para-hydroxylation sites is 1. The van der Waals surface area contributed by atoms with E-state index >= 15 is 0 Å². The molecular formula is C14H19N3O2S. The molecule has 2 aromatic rings. The number of carbonyl (C=O) groups is 1. The van der Waals surface area contributed by atoms with Crippen LogP contribution in [0.15, 0.2) is 18.2 Å². The van der Waals surface area contributed by atoms with Crippen LogP contribution in [0.2, 0.25) is 0 Å². The minimum absolute atomic E-state index is 0.0510. The summed E-state index contributed by atoms with van der Waals surface area (Å²) in [5.41, 5.74) is 6.16. The van der Waals surface area contributed by atoms with Crippen LogP contribution in [0.5, 0.6) is 5.75 Å². The first kappa shape index (κ1) is 14.6. The minimum Gasteiger partial charge on any atom is -0.489 e. The van der Waals surface area contributed by atoms with Gasteiger partial charge in [-0.25, -0.2) is 0 Å². The van der Waals surface area contributed by atoms with Gasteiger partial charge in [0.15, 0.2) is 4.77 Å². The monoisotopic (exact) mass is 293 g/mol. The molecule has 0 aliphatic carbocycles. The number of nitrogens with one attached hydrogen (secondary N) is 1. The molecule has 1 aromatic heterocycles. The molecule has 0 saturated heterocycles. The molecule has 5 nitrogen and oxygen atoms in total. The number of rotatable bonds is 4. The van der Waals surface area contributed by atoms with Crippen molar-refractivity contribution >= 4 is 29.2 Å². The summed E-state index contributed by atoms with van der Waals surface area (Å²) in [6, 6.07) is 5.63. The minimum atomic E-state index is -0.911. The lowest BCUT2D eigenvalue weighted by molar-refractivity contribution is -0.124. The Labute approximate surface area is 122 Å². The number of fused-ring (bicyclic) bond motifs is 1. The van der Waals surface area contributed by atoms with E-state index in [2.05, 4.69) is 4.98 Å². The van der Waals surface area contributed by atoms with Crippen LogP contribution in [0, 0.1) is 4.77 Å². The number of benzene rings is 1. The Kier molecular flexibility index (Phi) is 3.60. The summed E-state index contributed by atoms with van der Waals surface area (Å²) in [5, 5.41) is 0. The maximum atomic E-state index is 11.7. The van der Waals surface area contributed by atoms with E-state index in [1.54, 1.807) is 18.4 Å². The van der Waals surface area contributed by atoms with Gasteiger partial charge in [0.1, 0.15) is 16.8 Å². The lowest BCUT2D eigenvalue weighted by atomic mass is 10.0. The number of hydrogen-bond donors (Lipinski definition) is 2. The van der Waals surface area contributed by atoms with Crippen molar-refractivity contribution < 1.29 is 9.53 Å². The van der Waals surface area contributed by atoms with Crippen LogP contribution < -0.4 is 10.5 Å². The van der Waals surface area contributed by atoms with Crippen LogP contribution in [-0.2, 0) is 10.3 Å². The van der Waals surface area contributed by atoms with Crippen molar-refractivity contribution in [1.82, 2.24) is 9.55 Å². The second-order valence-electron chi connectivity index (χ2n) is 5.51. The Morgan fingerprint density at radius 1 is 1.45 bits per heavy atom. The fourth-order valence-electron chi connectivity index (χ4n) is 2.12. The normalized spacial score (nSPS) is 12.1. The third kappa shape index (κ3) is 2.31. The maximum absolute atomic E-state index is 11.7. The Balaban J connectivity index is 2.73. The summed E-state index contributed by atoms with van der Waals surface area (Å²) in [7, 11) is 0. The number of nitrogens with two attached hydrogens (primary N) is 1. The zero-order chi connectivity index (χ0) is 15.1. The van der Waals surface area contributed by atoms with E-state index < -0.39 is 11.4 Å². The van der Waals surface area contributed by atoms with Gasteiger partial charge in [-0.1, -0.05) is 6.07 Å². The Morgan fingerprint density at radius 3 is 2.65 bits per heavy atom. The number of amides is 1. The molecule has 20 heavy (non-hydrogen) atoms. The molecule has 0 spiro atoms. The topological polar surface area (TPSA) is 73.0 Å². The molecule has 6 heteroatoms. The first-order chi connectivity index (χ1) is 9.25. The molecule has 0 saturated carbocycles. The molecule has 0 aliphatic rings. The van der Waals surface area contributed by atoms with E-state index in [4.69, 9.17) is 22.7 Å². The Bertz CT molecular complexity index is 713. The summed E-state index contributed by atoms with van der Waals surface area (Å²) in [4.78, 5) is 14.8. The first-order valence-electron chi connectivity index (χ1n) is 6.46. The molecule has 0 fully saturated rings. The standard InChI is InChI=1S/C14H19N3O2S/c1-8(2)19-10-7-5-6-9-11(10)16-13(20)17(9)14(3,4)12(15)18/h5-8H,1-4H3,(H2,15,18)(H,16,20). The number of imidazole rings is 1. The largest absolute Gasteiger partial charge is 0.489 e. The molecule has 1 heterocycles. The molecule has 0 unspecified atom stereocenters. The fraction of sp³-hybridized carbons (Fsp3) is 0.429. The van der Waals surface area contributed by atoms with Crippen molar-refractivity contribution in [2.45, 2.75) is 39.3 Å². The summed E-state index contributed by atoms with van der Waals surface area (Å²) in [5.74, 6) is 0.271. The first-order valence-corrected chi connectivity index (χ1v) is 6.86. The van der Waals surface area contributed by atoms with Gasteiger partial charge in [0.05, 0.1) is 11.6 Å². The van der Waals surface area contributed by atoms with E-state index in [1.165, 1.54) is 0 Å². The van der Waals surface area contributed by atoms with E-state index in [-0.39, 0.29) is 6.10 Å². The van der Waals surface area contributed by atoms with Crippen LogP contribution in [0.1, 0.15) is 27.7 Å². The van der Waals surface area contributed by atoms with Gasteiger partial charge >= 0.3 is 0 Å². The fourth-order valence-corrected chi connectivity index (χ4v) is 2.55. The number of nitrogens with zero attached hydrogens (tertiary/aromatic N) is 1. The van der Waals surface area contributed by atoms with Gasteiger partial charge in [-0.2, -0.15) is 0 Å². The van der Waals surface area contributed by atoms with Gasteiger partial charge in [0.2, 0.25) is 5.91 Å². The number of aromatic amines is 1. The molecule has 2 rings (SSSR count). The second kappa shape index (κ2) is 4.94. The molecule has 0 atom stereocenters. The predicted molar refractivity (Wildman–Crippen MR) is 81.4 cm³/mol. The molecule has 1 aromatic carbocycles. The molecule has 1 amide bonds. The van der Waals surface area contributed by atoms with Crippen molar-refractivity contribution in [3.63, 3.8) is 0 Å². The van der Waals surface area contributed by atoms with Crippen LogP contribution in [0.4, 0.5) is 0 Å². The van der Waals surface area contributed by atoms with Crippen molar-refractivity contribution in [3.8, 4) is 5.75 Å². The highest BCUT2D eigenvalue weighted by atomic mass is 32.1. The summed E-state index contributed by atoms with van der Waals surface area (Å²) in [6.07, 6.45) is 0.0510. The summed E-state index contributed by atoms with van der Waals surface area (Å²) < 4.78 is 7.94. The maximum Gasteiger partial charge on any atom is 0.243 e. The highest BCUT2D eigenvalue weighted by Crippen LogP contribution is 2.29. The van der Waals surface area contributed by atoms with Crippen molar-refractivity contribution in [1.29, 1.82) is 0 Å². The molecule has 0 bridgehead atoms. The Hall–Kier alpha value is -1.82. The number of H-pyrrole nitrogens is 1. The molecule has 3 N–H and O–H groups in total. The zero-order valence-electron chi connectivity index (χ0n) is 12.1. The van der Waals surface area contributed by atoms with Gasteiger partial charge in [-0.05, 0) is 52.0 Å². The van der Waals surface area contributed by atoms with Crippen molar-refractivity contribution in [3.05, 3.63) is 23.0 Å². The van der Waals surface area contributed by atoms with Crippen molar-refractivity contribution in [2.75, 3.05) is 0 Å². The smallest absolute Gasteiger partial charge is 0.243 e. The van der Waals surface area contributed by atoms with Gasteiger partial charge in [0.25, 0.3) is 0 Å². The van der Waals surface area contributed by atoms with Gasteiger partial charge in [-0.3, -0.25) is 4.79 Å². The highest BCUT2D eigenvalue weighted by molar-refractivity contribution is 7.71. The number of primary amides is 1. The van der Waals surface area contributed by atoms with Crippen LogP contribution in [0.3, 0.4) is 0 Å². The predicted octanol–water partition coefficient (Wildman–Crippen LogP) is 2.71. The van der Waals surface area contributed by atoms with Gasteiger partial charge in [-0.15, -0.1) is 0 Å². The number of carbonyl (C=O) groups excluding carboxylic acids is 1. The third-order valence-electron chi connectivity index (χ3n) is 3.20. The number of aromatic nitrogens is 2. The molecule has 108 valence electrons. The van der Waals surface area contributed by atoms with Crippen LogP contribution in [0.25, 0.3) is 11.0 Å². The van der Waals surface area contributed by atoms with Crippen molar-refractivity contribution in [2.24, 2.45) is 5.73 Å². The quantitative estimate of drug-likeness (QED) is 0.851. The van der Waals surface area contributed by atoms with Gasteiger partial charge < -0.3 is 20.0 Å². The average Bonchev–Trinajstić information content (AvgIpc) is 2.66. The molecule has 0 radical (unpaired) electrons. The zero-order valence-corrected chi connectivity index (χ0v) is 12.9. The second-order valence-corrected chi connectivity index (χ2v) is 5.89. The lowest BCUT2D eigenvalue weighted by Crippen LogP contribution is -2.41. The van der Waals surface area contributed by atoms with Crippen LogP contribution >= 0.6 is 12.2 Å². The number of hydrogen-bond acceptors (Lipinski definition) is 3. The van der Waals surface area contributed by atoms with E-state index in [9.17, 15) is 4.79 Å². The van der Waals surface area contributed by atoms with Crippen LogP contribution in [-0.4, -0.2) is 21.6 Å². The average molecular weight is 293 g/mol. The highest BCUT2D eigenvalue weighted by Gasteiger charge is 2.30. The van der Waals surface area contributed by atoms with Gasteiger partial charge in [0, 0.05) is 0 Å². The number of ether oxygens (including phenoxy) is 1. The summed E-state index contributed by atoms with van der Waals surface area (Å²) >= 11 is 5.34. The molecular weight excluding hydrogens is 274 g/mol. The SMILES string of the molecule is CC(C)Oc1cccc2c1[nH]c(=S)n2C(C)(C)C(N)=O. The van der Waals surface area contributed by atoms with E-state index in [0.29, 0.717) is 10.5 Å². The van der Waals surface area contributed by atoms with E-state index in [0.717, 1.165) is 11.0 Å². The third-order valence-corrected chi connectivity index (χ3v) is 3.49. The lowest BCUT2D eigenvalue weighted by Gasteiger charge is -2.23. The summed E-state index contributed by atoms with van der Waals surface area (Å²) in [6.45, 7) is 7.40. The Morgan fingerprint density at radius 2 is 2.10 bits per heavy atom. The van der Waals surface area contributed by atoms with E-state index in [1.807, 2.05) is 32.0 Å². The molecule has 0 aliphatic heterocycles.